The van der Waals surface area contributed by atoms with Crippen molar-refractivity contribution in [1.29, 1.82) is 0 Å². The van der Waals surface area contributed by atoms with Gasteiger partial charge in [0.25, 0.3) is 0 Å². The number of benzene rings is 2. The average Bonchev–Trinajstić information content (AvgIpc) is 3.04. The number of hydrogen-bond acceptors (Lipinski definition) is 5. The number of carboxylic acid groups (broad SMARTS) is 1. The van der Waals surface area contributed by atoms with E-state index >= 15 is 0 Å². The van der Waals surface area contributed by atoms with Gasteiger partial charge >= 0.3 is 5.97 Å². The highest BCUT2D eigenvalue weighted by atomic mass is 16.4. The molecule has 7 nitrogen and oxygen atoms in total. The van der Waals surface area contributed by atoms with Crippen LogP contribution < -0.4 is 5.73 Å². The third kappa shape index (κ3) is 2.57. The van der Waals surface area contributed by atoms with Gasteiger partial charge in [-0.25, -0.2) is 4.79 Å². The van der Waals surface area contributed by atoms with Gasteiger partial charge in [0.1, 0.15) is 0 Å². The summed E-state index contributed by atoms with van der Waals surface area (Å²) in [7, 11) is 0. The van der Waals surface area contributed by atoms with Crippen molar-refractivity contribution in [1.82, 2.24) is 20.2 Å². The molecule has 0 unspecified atom stereocenters. The van der Waals surface area contributed by atoms with Crippen molar-refractivity contribution in [3.8, 4) is 17.1 Å². The molecule has 0 spiro atoms. The third-order valence-corrected chi connectivity index (χ3v) is 3.26. The molecule has 0 amide bonds. The molecule has 7 heteroatoms. The number of carbonyl (C=O) groups is 1. The standard InChI is InChI=1S/C15H13N5O2/c16-9-10-4-6-11(7-5-10)14-17-18-19-20(14)13-3-1-2-12(8-13)15(21)22/h1-8H,9,16H2,(H,21,22). The highest BCUT2D eigenvalue weighted by Crippen LogP contribution is 2.20. The minimum atomic E-state index is -0.997. The fraction of sp³-hybridized carbons (Fsp3) is 0.0667. The molecule has 0 atom stereocenters. The van der Waals surface area contributed by atoms with E-state index in [0.29, 0.717) is 18.1 Å². The van der Waals surface area contributed by atoms with Crippen LogP contribution in [0.15, 0.2) is 48.5 Å². The lowest BCUT2D eigenvalue weighted by molar-refractivity contribution is 0.0697. The van der Waals surface area contributed by atoms with Crippen LogP contribution in [0.4, 0.5) is 0 Å². The topological polar surface area (TPSA) is 107 Å². The Morgan fingerprint density at radius 1 is 1.18 bits per heavy atom. The number of hydrogen-bond donors (Lipinski definition) is 2. The lowest BCUT2D eigenvalue weighted by Crippen LogP contribution is -2.03. The highest BCUT2D eigenvalue weighted by Gasteiger charge is 2.12. The van der Waals surface area contributed by atoms with Crippen molar-refractivity contribution < 1.29 is 9.90 Å². The molecule has 0 aliphatic heterocycles. The number of aromatic carboxylic acids is 1. The minimum absolute atomic E-state index is 0.178. The van der Waals surface area contributed by atoms with Gasteiger partial charge < -0.3 is 10.8 Å². The predicted molar refractivity (Wildman–Crippen MR) is 79.4 cm³/mol. The van der Waals surface area contributed by atoms with Crippen LogP contribution in [-0.4, -0.2) is 31.3 Å². The van der Waals surface area contributed by atoms with E-state index in [2.05, 4.69) is 15.5 Å². The zero-order valence-corrected chi connectivity index (χ0v) is 11.5. The second kappa shape index (κ2) is 5.74. The molecule has 3 aromatic rings. The van der Waals surface area contributed by atoms with Crippen molar-refractivity contribution in [2.75, 3.05) is 0 Å². The SMILES string of the molecule is NCc1ccc(-c2nnnn2-c2cccc(C(=O)O)c2)cc1. The van der Waals surface area contributed by atoms with Crippen LogP contribution in [0.2, 0.25) is 0 Å². The molecule has 0 radical (unpaired) electrons. The number of nitrogens with two attached hydrogens (primary N) is 1. The number of carboxylic acids is 1. The van der Waals surface area contributed by atoms with Crippen molar-refractivity contribution in [2.24, 2.45) is 5.73 Å². The zero-order chi connectivity index (χ0) is 15.5. The average molecular weight is 295 g/mol. The Hall–Kier alpha value is -3.06. The molecular formula is C15H13N5O2. The van der Waals surface area contributed by atoms with Crippen LogP contribution in [0, 0.1) is 0 Å². The van der Waals surface area contributed by atoms with E-state index in [9.17, 15) is 4.79 Å². The molecule has 22 heavy (non-hydrogen) atoms. The largest absolute Gasteiger partial charge is 0.478 e. The molecule has 0 saturated carbocycles. The Bertz CT molecular complexity index is 811. The molecule has 0 aliphatic carbocycles. The summed E-state index contributed by atoms with van der Waals surface area (Å²) in [6.45, 7) is 0.464. The van der Waals surface area contributed by atoms with Crippen molar-refractivity contribution in [2.45, 2.75) is 6.54 Å². The Morgan fingerprint density at radius 3 is 2.64 bits per heavy atom. The Balaban J connectivity index is 2.04. The quantitative estimate of drug-likeness (QED) is 0.755. The van der Waals surface area contributed by atoms with E-state index in [4.69, 9.17) is 10.8 Å². The molecule has 0 aliphatic rings. The zero-order valence-electron chi connectivity index (χ0n) is 11.5. The van der Waals surface area contributed by atoms with Gasteiger partial charge in [0.05, 0.1) is 11.3 Å². The van der Waals surface area contributed by atoms with E-state index in [1.54, 1.807) is 12.1 Å². The van der Waals surface area contributed by atoms with Crippen molar-refractivity contribution in [3.05, 3.63) is 59.7 Å². The second-order valence-corrected chi connectivity index (χ2v) is 4.67. The smallest absolute Gasteiger partial charge is 0.335 e. The molecular weight excluding hydrogens is 282 g/mol. The van der Waals surface area contributed by atoms with Crippen molar-refractivity contribution >= 4 is 5.97 Å². The summed E-state index contributed by atoms with van der Waals surface area (Å²) in [6, 6.07) is 14.0. The molecule has 2 aromatic carbocycles. The van der Waals surface area contributed by atoms with Crippen molar-refractivity contribution in [3.63, 3.8) is 0 Å². The predicted octanol–water partition coefficient (Wildman–Crippen LogP) is 1.49. The van der Waals surface area contributed by atoms with Gasteiger partial charge in [0.15, 0.2) is 5.82 Å². The maximum absolute atomic E-state index is 11.1. The van der Waals surface area contributed by atoms with Gasteiger partial charge in [0, 0.05) is 12.1 Å². The molecule has 0 fully saturated rings. The first-order chi connectivity index (χ1) is 10.7. The maximum atomic E-state index is 11.1. The van der Waals surface area contributed by atoms with E-state index in [1.165, 1.54) is 16.8 Å². The summed E-state index contributed by atoms with van der Waals surface area (Å²) in [5.74, 6) is -0.463. The van der Waals surface area contributed by atoms with Crippen LogP contribution in [0.1, 0.15) is 15.9 Å². The minimum Gasteiger partial charge on any atom is -0.478 e. The van der Waals surface area contributed by atoms with E-state index in [1.807, 2.05) is 24.3 Å². The van der Waals surface area contributed by atoms with Gasteiger partial charge in [-0.15, -0.1) is 5.10 Å². The van der Waals surface area contributed by atoms with Gasteiger partial charge in [-0.3, -0.25) is 0 Å². The first-order valence-electron chi connectivity index (χ1n) is 6.60. The summed E-state index contributed by atoms with van der Waals surface area (Å²) in [6.07, 6.45) is 0. The molecule has 0 bridgehead atoms. The molecule has 0 saturated heterocycles. The summed E-state index contributed by atoms with van der Waals surface area (Å²) in [5, 5.41) is 20.7. The molecule has 3 N–H and O–H groups in total. The van der Waals surface area contributed by atoms with Crippen LogP contribution in [0.25, 0.3) is 17.1 Å². The molecule has 110 valence electrons. The van der Waals surface area contributed by atoms with E-state index in [-0.39, 0.29) is 5.56 Å². The number of tetrazole rings is 1. The fourth-order valence-corrected chi connectivity index (χ4v) is 2.10. The summed E-state index contributed by atoms with van der Waals surface area (Å²) in [4.78, 5) is 11.1. The highest BCUT2D eigenvalue weighted by molar-refractivity contribution is 5.88. The van der Waals surface area contributed by atoms with Gasteiger partial charge in [0.2, 0.25) is 0 Å². The van der Waals surface area contributed by atoms with Crippen LogP contribution in [0.5, 0.6) is 0 Å². The van der Waals surface area contributed by atoms with Crippen LogP contribution in [-0.2, 0) is 6.54 Å². The summed E-state index contributed by atoms with van der Waals surface area (Å²) < 4.78 is 1.50. The summed E-state index contributed by atoms with van der Waals surface area (Å²) >= 11 is 0. The summed E-state index contributed by atoms with van der Waals surface area (Å²) in [5.41, 5.74) is 8.18. The number of aromatic nitrogens is 4. The lowest BCUT2D eigenvalue weighted by atomic mass is 10.1. The third-order valence-electron chi connectivity index (χ3n) is 3.26. The molecule has 3 rings (SSSR count). The second-order valence-electron chi connectivity index (χ2n) is 4.67. The first kappa shape index (κ1) is 13.9. The molecule has 1 aromatic heterocycles. The first-order valence-corrected chi connectivity index (χ1v) is 6.60. The Kier molecular flexibility index (Phi) is 3.63. The van der Waals surface area contributed by atoms with Crippen LogP contribution in [0.3, 0.4) is 0 Å². The Morgan fingerprint density at radius 2 is 1.95 bits per heavy atom. The lowest BCUT2D eigenvalue weighted by Gasteiger charge is -2.06. The maximum Gasteiger partial charge on any atom is 0.335 e. The fourth-order valence-electron chi connectivity index (χ4n) is 2.10. The number of nitrogens with zero attached hydrogens (tertiary/aromatic N) is 4. The number of rotatable bonds is 4. The van der Waals surface area contributed by atoms with E-state index < -0.39 is 5.97 Å². The van der Waals surface area contributed by atoms with Crippen LogP contribution >= 0.6 is 0 Å². The van der Waals surface area contributed by atoms with Gasteiger partial charge in [-0.05, 0) is 34.2 Å². The normalized spacial score (nSPS) is 10.6. The van der Waals surface area contributed by atoms with Gasteiger partial charge in [-0.1, -0.05) is 30.3 Å². The Labute approximate surface area is 126 Å². The van der Waals surface area contributed by atoms with Gasteiger partial charge in [-0.2, -0.15) is 4.68 Å². The molecule has 1 heterocycles. The van der Waals surface area contributed by atoms with E-state index in [0.717, 1.165) is 11.1 Å². The monoisotopic (exact) mass is 295 g/mol.